The Morgan fingerprint density at radius 1 is 1.18 bits per heavy atom. The number of benzene rings is 2. The number of para-hydroxylation sites is 1. The highest BCUT2D eigenvalue weighted by Crippen LogP contribution is 2.34. The van der Waals surface area contributed by atoms with Crippen molar-refractivity contribution in [1.82, 2.24) is 4.68 Å². The minimum atomic E-state index is -4.07. The quantitative estimate of drug-likeness (QED) is 0.433. The summed E-state index contributed by atoms with van der Waals surface area (Å²) in [5.41, 5.74) is 0.317. The fourth-order valence-electron chi connectivity index (χ4n) is 3.47. The van der Waals surface area contributed by atoms with Crippen LogP contribution in [0.15, 0.2) is 79.2 Å². The van der Waals surface area contributed by atoms with E-state index in [2.05, 4.69) is 14.8 Å². The predicted octanol–water partition coefficient (Wildman–Crippen LogP) is 3.22. The van der Waals surface area contributed by atoms with E-state index in [0.29, 0.717) is 21.5 Å². The number of aromatic nitrogens is 1. The van der Waals surface area contributed by atoms with E-state index >= 15 is 0 Å². The number of pyridine rings is 1. The molecule has 2 aromatic carbocycles. The molecule has 0 fully saturated rings. The first-order chi connectivity index (χ1) is 15.9. The molecule has 3 heterocycles. The summed E-state index contributed by atoms with van der Waals surface area (Å²) in [6.07, 6.45) is 1.48. The molecule has 0 aliphatic carbocycles. The molecular formula is C22H16N4O5S2. The maximum absolute atomic E-state index is 13.4. The van der Waals surface area contributed by atoms with E-state index in [9.17, 15) is 18.3 Å². The molecule has 0 atom stereocenters. The predicted molar refractivity (Wildman–Crippen MR) is 128 cm³/mol. The summed E-state index contributed by atoms with van der Waals surface area (Å²) in [6, 6.07) is 15.0. The van der Waals surface area contributed by atoms with Gasteiger partial charge in [0.15, 0.2) is 11.6 Å². The molecule has 9 nitrogen and oxygen atoms in total. The topological polar surface area (TPSA) is 122 Å². The maximum atomic E-state index is 13.4. The Morgan fingerprint density at radius 3 is 2.82 bits per heavy atom. The lowest BCUT2D eigenvalue weighted by Gasteiger charge is -2.19. The lowest BCUT2D eigenvalue weighted by Crippen LogP contribution is -2.31. The lowest BCUT2D eigenvalue weighted by molar-refractivity contribution is 0.414. The summed E-state index contributed by atoms with van der Waals surface area (Å²) in [6.45, 7) is 0. The Kier molecular flexibility index (Phi) is 4.99. The van der Waals surface area contributed by atoms with E-state index in [1.807, 2.05) is 0 Å². The highest BCUT2D eigenvalue weighted by atomic mass is 32.2. The summed E-state index contributed by atoms with van der Waals surface area (Å²) < 4.78 is 35.8. The summed E-state index contributed by atoms with van der Waals surface area (Å²) in [7, 11) is -2.52. The van der Waals surface area contributed by atoms with Gasteiger partial charge < -0.3 is 15.2 Å². The van der Waals surface area contributed by atoms with Crippen LogP contribution in [-0.2, 0) is 10.0 Å². The molecule has 0 spiro atoms. The Hall–Kier alpha value is -3.96. The fraction of sp³-hybridized carbons (Fsp3) is 0.0455. The summed E-state index contributed by atoms with van der Waals surface area (Å²) in [5.74, 6) is -0.00139. The van der Waals surface area contributed by atoms with E-state index in [1.54, 1.807) is 61.0 Å². The van der Waals surface area contributed by atoms with Gasteiger partial charge in [0.2, 0.25) is 0 Å². The molecule has 0 saturated carbocycles. The van der Waals surface area contributed by atoms with Crippen LogP contribution in [0.1, 0.15) is 11.1 Å². The van der Waals surface area contributed by atoms with Crippen LogP contribution in [0.25, 0.3) is 10.2 Å². The van der Waals surface area contributed by atoms with Crippen LogP contribution in [0, 0.1) is 0 Å². The van der Waals surface area contributed by atoms with E-state index in [4.69, 9.17) is 4.74 Å². The molecule has 11 heteroatoms. The van der Waals surface area contributed by atoms with E-state index in [0.717, 1.165) is 4.68 Å². The van der Waals surface area contributed by atoms with Gasteiger partial charge in [0.05, 0.1) is 29.2 Å². The molecule has 1 aliphatic heterocycles. The second-order valence-electron chi connectivity index (χ2n) is 7.03. The molecule has 0 saturated heterocycles. The van der Waals surface area contributed by atoms with Crippen molar-refractivity contribution in [3.63, 3.8) is 0 Å². The second-order valence-corrected chi connectivity index (χ2v) is 9.52. The van der Waals surface area contributed by atoms with Gasteiger partial charge in [0.25, 0.3) is 15.6 Å². The van der Waals surface area contributed by atoms with E-state index in [-0.39, 0.29) is 27.7 Å². The normalized spacial score (nSPS) is 14.6. The zero-order valence-electron chi connectivity index (χ0n) is 17.1. The Balaban J connectivity index is 1.70. The average Bonchev–Trinajstić information content (AvgIpc) is 3.29. The Labute approximate surface area is 192 Å². The van der Waals surface area contributed by atoms with Crippen molar-refractivity contribution in [1.29, 1.82) is 0 Å². The number of hydrogen-bond acceptors (Lipinski definition) is 8. The third-order valence-electron chi connectivity index (χ3n) is 5.01. The molecule has 33 heavy (non-hydrogen) atoms. The highest BCUT2D eigenvalue weighted by Gasteiger charge is 2.30. The molecule has 5 rings (SSSR count). The third kappa shape index (κ3) is 3.56. The summed E-state index contributed by atoms with van der Waals surface area (Å²) in [5, 5.41) is 19.8. The number of ether oxygens (including phenoxy) is 1. The monoisotopic (exact) mass is 480 g/mol. The molecule has 1 aliphatic rings. The molecular weight excluding hydrogens is 464 g/mol. The Morgan fingerprint density at radius 2 is 2.00 bits per heavy atom. The van der Waals surface area contributed by atoms with Crippen LogP contribution in [0.3, 0.4) is 0 Å². The van der Waals surface area contributed by atoms with E-state index < -0.39 is 15.6 Å². The molecule has 4 aromatic rings. The first-order valence-electron chi connectivity index (χ1n) is 9.64. The van der Waals surface area contributed by atoms with Crippen LogP contribution in [-0.4, -0.2) is 37.4 Å². The zero-order valence-corrected chi connectivity index (χ0v) is 18.7. The van der Waals surface area contributed by atoms with Crippen LogP contribution in [0.4, 0.5) is 5.69 Å². The number of sulfonamides is 1. The van der Waals surface area contributed by atoms with Gasteiger partial charge in [-0.3, -0.25) is 4.79 Å². The fourth-order valence-corrected chi connectivity index (χ4v) is 5.42. The van der Waals surface area contributed by atoms with Crippen LogP contribution >= 0.6 is 11.3 Å². The first-order valence-corrected chi connectivity index (χ1v) is 12.0. The minimum absolute atomic E-state index is 0.0122. The summed E-state index contributed by atoms with van der Waals surface area (Å²) in [4.78, 5) is 13.4. The van der Waals surface area contributed by atoms with Crippen molar-refractivity contribution in [3.8, 4) is 11.5 Å². The summed E-state index contributed by atoms with van der Waals surface area (Å²) >= 11 is 1.19. The number of thiophene rings is 1. The molecule has 2 N–H and O–H groups in total. The van der Waals surface area contributed by atoms with Crippen molar-refractivity contribution < 1.29 is 18.3 Å². The largest absolute Gasteiger partial charge is 0.505 e. The number of nitrogens with one attached hydrogen (secondary N) is 1. The molecule has 0 amide bonds. The van der Waals surface area contributed by atoms with Crippen LogP contribution < -0.4 is 15.6 Å². The number of amidine groups is 1. The highest BCUT2D eigenvalue weighted by molar-refractivity contribution is 7.90. The van der Waals surface area contributed by atoms with Crippen molar-refractivity contribution in [2.45, 2.75) is 4.90 Å². The SMILES string of the molecule is COc1cccc(C=Nn2c(=O)c(C3=NS(=O)(=O)c4ccccc4N3)c(O)c3sccc32)c1. The van der Waals surface area contributed by atoms with Gasteiger partial charge in [-0.25, -0.2) is 0 Å². The molecule has 0 bridgehead atoms. The van der Waals surface area contributed by atoms with Gasteiger partial charge >= 0.3 is 0 Å². The lowest BCUT2D eigenvalue weighted by atomic mass is 10.2. The number of rotatable bonds is 4. The second kappa shape index (κ2) is 7.87. The molecule has 2 aromatic heterocycles. The minimum Gasteiger partial charge on any atom is -0.505 e. The number of hydrogen-bond donors (Lipinski definition) is 2. The van der Waals surface area contributed by atoms with E-state index in [1.165, 1.54) is 23.6 Å². The Bertz CT molecular complexity index is 1630. The van der Waals surface area contributed by atoms with Gasteiger partial charge in [0, 0.05) is 0 Å². The third-order valence-corrected chi connectivity index (χ3v) is 7.26. The maximum Gasteiger partial charge on any atom is 0.286 e. The number of fused-ring (bicyclic) bond motifs is 2. The average molecular weight is 481 g/mol. The standard InChI is InChI=1S/C22H16N4O5S2/c1-31-14-6-4-5-13(11-14)12-23-26-16-9-10-32-20(16)19(27)18(22(26)28)21-24-15-7-2-3-8-17(15)33(29,30)25-21/h2-12,27H,1H3,(H,24,25). The number of aromatic hydroxyl groups is 1. The van der Waals surface area contributed by atoms with Crippen molar-refractivity contribution >= 4 is 49.3 Å². The van der Waals surface area contributed by atoms with Crippen molar-refractivity contribution in [2.75, 3.05) is 12.4 Å². The molecule has 0 radical (unpaired) electrons. The first kappa shape index (κ1) is 20.9. The van der Waals surface area contributed by atoms with Gasteiger partial charge in [-0.05, 0) is 41.3 Å². The molecule has 0 unspecified atom stereocenters. The number of methoxy groups -OCH3 is 1. The van der Waals surface area contributed by atoms with Gasteiger partial charge in [-0.1, -0.05) is 24.3 Å². The van der Waals surface area contributed by atoms with Crippen LogP contribution in [0.5, 0.6) is 11.5 Å². The molecule has 166 valence electrons. The number of nitrogens with zero attached hydrogens (tertiary/aromatic N) is 3. The van der Waals surface area contributed by atoms with Gasteiger partial charge in [0.1, 0.15) is 16.2 Å². The number of anilines is 1. The zero-order chi connectivity index (χ0) is 23.2. The van der Waals surface area contributed by atoms with Gasteiger partial charge in [-0.15, -0.1) is 15.7 Å². The smallest absolute Gasteiger partial charge is 0.286 e. The van der Waals surface area contributed by atoms with Crippen LogP contribution in [0.2, 0.25) is 0 Å². The van der Waals surface area contributed by atoms with Crippen molar-refractivity contribution in [3.05, 3.63) is 81.5 Å². The van der Waals surface area contributed by atoms with Gasteiger partial charge in [-0.2, -0.15) is 18.2 Å². The van der Waals surface area contributed by atoms with Crippen molar-refractivity contribution in [2.24, 2.45) is 9.50 Å².